The van der Waals surface area contributed by atoms with Crippen LogP contribution in [0, 0.1) is 0 Å². The van der Waals surface area contributed by atoms with Crippen molar-refractivity contribution < 1.29 is 27.8 Å². The molecule has 1 rings (SSSR count). The number of hydrogen-bond acceptors (Lipinski definition) is 3. The second-order valence-corrected chi connectivity index (χ2v) is 3.84. The highest BCUT2D eigenvalue weighted by molar-refractivity contribution is 5.80. The van der Waals surface area contributed by atoms with E-state index in [0.29, 0.717) is 6.61 Å². The van der Waals surface area contributed by atoms with Crippen LogP contribution in [0.5, 0.6) is 0 Å². The number of carbonyl (C=O) groups is 1. The first-order chi connectivity index (χ1) is 7.29. The van der Waals surface area contributed by atoms with Gasteiger partial charge in [0.15, 0.2) is 0 Å². The molecule has 0 atom stereocenters. The van der Waals surface area contributed by atoms with E-state index in [1.165, 1.54) is 0 Å². The summed E-state index contributed by atoms with van der Waals surface area (Å²) in [5, 5.41) is 10.9. The second-order valence-electron chi connectivity index (χ2n) is 3.84. The largest absolute Gasteiger partial charge is 0.480 e. The predicted octanol–water partition coefficient (Wildman–Crippen LogP) is 1.16. The van der Waals surface area contributed by atoms with E-state index in [4.69, 9.17) is 9.84 Å². The van der Waals surface area contributed by atoms with Crippen LogP contribution in [-0.2, 0) is 9.53 Å². The Hall–Kier alpha value is -0.820. The molecule has 1 fully saturated rings. The molecule has 94 valence electrons. The fourth-order valence-electron chi connectivity index (χ4n) is 1.74. The van der Waals surface area contributed by atoms with Gasteiger partial charge in [-0.2, -0.15) is 13.2 Å². The molecule has 0 heterocycles. The maximum absolute atomic E-state index is 12.0. The Morgan fingerprint density at radius 1 is 1.56 bits per heavy atom. The van der Waals surface area contributed by atoms with Gasteiger partial charge in [-0.25, -0.2) is 0 Å². The van der Waals surface area contributed by atoms with Crippen LogP contribution in [0.15, 0.2) is 0 Å². The van der Waals surface area contributed by atoms with Gasteiger partial charge >= 0.3 is 12.1 Å². The van der Waals surface area contributed by atoms with Gasteiger partial charge in [0.05, 0.1) is 12.6 Å². The zero-order valence-electron chi connectivity index (χ0n) is 8.80. The van der Waals surface area contributed by atoms with E-state index in [-0.39, 0.29) is 18.9 Å². The fourth-order valence-corrected chi connectivity index (χ4v) is 1.74. The van der Waals surface area contributed by atoms with Gasteiger partial charge in [0.25, 0.3) is 0 Å². The van der Waals surface area contributed by atoms with Crippen LogP contribution in [0.25, 0.3) is 0 Å². The molecule has 0 aromatic rings. The molecule has 0 aromatic heterocycles. The number of ether oxygens (including phenoxy) is 1. The summed E-state index contributed by atoms with van der Waals surface area (Å²) in [5.41, 5.74) is -1.48. The molecule has 7 heteroatoms. The Morgan fingerprint density at radius 2 is 2.12 bits per heavy atom. The van der Waals surface area contributed by atoms with Crippen LogP contribution in [0.3, 0.4) is 0 Å². The Labute approximate surface area is 90.8 Å². The second kappa shape index (κ2) is 4.58. The summed E-state index contributed by atoms with van der Waals surface area (Å²) >= 11 is 0. The first-order valence-corrected chi connectivity index (χ1v) is 4.96. The summed E-state index contributed by atoms with van der Waals surface area (Å²) in [6.07, 6.45) is -4.51. The minimum atomic E-state index is -4.40. The lowest BCUT2D eigenvalue weighted by Crippen LogP contribution is -2.64. The Bertz CT molecular complexity index is 261. The van der Waals surface area contributed by atoms with E-state index in [1.54, 1.807) is 6.92 Å². The number of carboxylic acid groups (broad SMARTS) is 1. The van der Waals surface area contributed by atoms with E-state index in [9.17, 15) is 18.0 Å². The van der Waals surface area contributed by atoms with E-state index >= 15 is 0 Å². The van der Waals surface area contributed by atoms with E-state index in [0.717, 1.165) is 0 Å². The van der Waals surface area contributed by atoms with E-state index < -0.39 is 24.2 Å². The normalized spacial score (nSPS) is 29.9. The lowest BCUT2D eigenvalue weighted by molar-refractivity contribution is -0.165. The molecule has 16 heavy (non-hydrogen) atoms. The van der Waals surface area contributed by atoms with Crippen LogP contribution in [0.1, 0.15) is 19.8 Å². The molecule has 1 aliphatic rings. The highest BCUT2D eigenvalue weighted by atomic mass is 19.4. The molecule has 0 spiro atoms. The van der Waals surface area contributed by atoms with Crippen molar-refractivity contribution >= 4 is 5.97 Å². The fraction of sp³-hybridized carbons (Fsp3) is 0.889. The molecule has 0 amide bonds. The van der Waals surface area contributed by atoms with Crippen molar-refractivity contribution in [3.05, 3.63) is 0 Å². The average molecular weight is 241 g/mol. The van der Waals surface area contributed by atoms with Crippen molar-refractivity contribution in [2.75, 3.05) is 13.2 Å². The lowest BCUT2D eigenvalue weighted by atomic mass is 9.74. The molecule has 1 aliphatic carbocycles. The molecule has 2 N–H and O–H groups in total. The van der Waals surface area contributed by atoms with E-state index in [2.05, 4.69) is 5.32 Å². The molecule has 0 unspecified atom stereocenters. The maximum Gasteiger partial charge on any atom is 0.401 e. The number of rotatable bonds is 5. The molecule has 4 nitrogen and oxygen atoms in total. The summed E-state index contributed by atoms with van der Waals surface area (Å²) in [7, 11) is 0. The average Bonchev–Trinajstić information content (AvgIpc) is 2.06. The van der Waals surface area contributed by atoms with Gasteiger partial charge in [-0.15, -0.1) is 0 Å². The maximum atomic E-state index is 12.0. The molecular formula is C9H14F3NO3. The van der Waals surface area contributed by atoms with Crippen LogP contribution in [-0.4, -0.2) is 42.0 Å². The summed E-state index contributed by atoms with van der Waals surface area (Å²) in [4.78, 5) is 10.9. The van der Waals surface area contributed by atoms with Crippen molar-refractivity contribution in [2.24, 2.45) is 0 Å². The van der Waals surface area contributed by atoms with Crippen molar-refractivity contribution in [3.63, 3.8) is 0 Å². The van der Waals surface area contributed by atoms with Gasteiger partial charge in [0.1, 0.15) is 5.54 Å². The summed E-state index contributed by atoms with van der Waals surface area (Å²) in [6.45, 7) is 0.891. The van der Waals surface area contributed by atoms with Crippen molar-refractivity contribution in [2.45, 2.75) is 37.6 Å². The van der Waals surface area contributed by atoms with Crippen molar-refractivity contribution in [1.82, 2.24) is 5.32 Å². The third kappa shape index (κ3) is 3.08. The number of carboxylic acids is 1. The van der Waals surface area contributed by atoms with Crippen LogP contribution in [0.2, 0.25) is 0 Å². The topological polar surface area (TPSA) is 58.6 Å². The molecule has 0 aliphatic heterocycles. The molecule has 0 radical (unpaired) electrons. The summed E-state index contributed by atoms with van der Waals surface area (Å²) < 4.78 is 41.0. The number of hydrogen-bond donors (Lipinski definition) is 2. The smallest absolute Gasteiger partial charge is 0.401 e. The highest BCUT2D eigenvalue weighted by Gasteiger charge is 2.52. The van der Waals surface area contributed by atoms with Crippen molar-refractivity contribution in [1.29, 1.82) is 0 Å². The van der Waals surface area contributed by atoms with Gasteiger partial charge in [-0.1, -0.05) is 0 Å². The molecule has 0 saturated heterocycles. The zero-order chi connectivity index (χ0) is 12.4. The quantitative estimate of drug-likeness (QED) is 0.758. The SMILES string of the molecule is CCOC1CC(NCC(F)(F)F)(C(=O)O)C1. The van der Waals surface area contributed by atoms with E-state index in [1.807, 2.05) is 0 Å². The number of nitrogens with one attached hydrogen (secondary N) is 1. The number of halogens is 3. The predicted molar refractivity (Wildman–Crippen MR) is 49.1 cm³/mol. The van der Waals surface area contributed by atoms with Crippen LogP contribution < -0.4 is 5.32 Å². The first-order valence-electron chi connectivity index (χ1n) is 4.96. The third-order valence-electron chi connectivity index (χ3n) is 2.59. The molecule has 0 bridgehead atoms. The molecule has 0 aromatic carbocycles. The van der Waals surface area contributed by atoms with Crippen LogP contribution in [0.4, 0.5) is 13.2 Å². The Balaban J connectivity index is 2.48. The lowest BCUT2D eigenvalue weighted by Gasteiger charge is -2.44. The third-order valence-corrected chi connectivity index (χ3v) is 2.59. The minimum absolute atomic E-state index is 0.0756. The van der Waals surface area contributed by atoms with Gasteiger partial charge in [-0.3, -0.25) is 10.1 Å². The minimum Gasteiger partial charge on any atom is -0.480 e. The van der Waals surface area contributed by atoms with Gasteiger partial charge in [0, 0.05) is 19.4 Å². The first kappa shape index (κ1) is 13.2. The number of aliphatic carboxylic acids is 1. The van der Waals surface area contributed by atoms with Crippen molar-refractivity contribution in [3.8, 4) is 0 Å². The zero-order valence-corrected chi connectivity index (χ0v) is 8.80. The van der Waals surface area contributed by atoms with Gasteiger partial charge in [-0.05, 0) is 6.92 Å². The molecular weight excluding hydrogens is 227 g/mol. The van der Waals surface area contributed by atoms with Gasteiger partial charge in [0.2, 0.25) is 0 Å². The summed E-state index contributed by atoms with van der Waals surface area (Å²) in [5.74, 6) is -1.26. The van der Waals surface area contributed by atoms with Crippen LogP contribution >= 0.6 is 0 Å². The molecule has 1 saturated carbocycles. The van der Waals surface area contributed by atoms with Gasteiger partial charge < -0.3 is 9.84 Å². The highest BCUT2D eigenvalue weighted by Crippen LogP contribution is 2.35. The number of alkyl halides is 3. The Morgan fingerprint density at radius 3 is 2.50 bits per heavy atom. The standard InChI is InChI=1S/C9H14F3NO3/c1-2-16-6-3-8(4-6,7(14)15)13-5-9(10,11)12/h6,13H,2-5H2,1H3,(H,14,15). The summed E-state index contributed by atoms with van der Waals surface area (Å²) in [6, 6.07) is 0. The Kier molecular flexibility index (Phi) is 3.80. The monoisotopic (exact) mass is 241 g/mol.